The number of carbonyl (C=O) groups excluding carboxylic acids is 2. The molecule has 1 aromatic carbocycles. The molecule has 1 heterocycles. The van der Waals surface area contributed by atoms with E-state index in [1.165, 1.54) is 16.0 Å². The average molecular weight is 361 g/mol. The molecule has 0 saturated carbocycles. The van der Waals surface area contributed by atoms with Crippen LogP contribution in [-0.4, -0.2) is 30.9 Å². The van der Waals surface area contributed by atoms with Crippen molar-refractivity contribution >= 4 is 23.2 Å². The number of benzene rings is 1. The lowest BCUT2D eigenvalue weighted by atomic mass is 10.0. The molecular formula is C19H26N3O2S+. The van der Waals surface area contributed by atoms with Crippen LogP contribution in [0.5, 0.6) is 0 Å². The Bertz CT molecular complexity index is 681. The van der Waals surface area contributed by atoms with E-state index in [2.05, 4.69) is 47.9 Å². The molecule has 2 amide bonds. The van der Waals surface area contributed by atoms with Crippen LogP contribution in [0.3, 0.4) is 0 Å². The molecule has 0 aliphatic rings. The van der Waals surface area contributed by atoms with E-state index in [0.717, 1.165) is 0 Å². The molecule has 0 aliphatic heterocycles. The summed E-state index contributed by atoms with van der Waals surface area (Å²) in [6.07, 6.45) is 0. The summed E-state index contributed by atoms with van der Waals surface area (Å²) >= 11 is 1.68. The second-order valence-corrected chi connectivity index (χ2v) is 7.32. The molecule has 1 atom stereocenters. The van der Waals surface area contributed by atoms with Gasteiger partial charge in [-0.1, -0.05) is 35.9 Å². The number of thiophene rings is 1. The number of rotatable bonds is 8. The van der Waals surface area contributed by atoms with Gasteiger partial charge in [-0.3, -0.25) is 9.59 Å². The molecule has 0 unspecified atom stereocenters. The third-order valence-corrected chi connectivity index (χ3v) is 4.68. The summed E-state index contributed by atoms with van der Waals surface area (Å²) in [5.41, 5.74) is 2.38. The van der Waals surface area contributed by atoms with E-state index in [-0.39, 0.29) is 37.0 Å². The monoisotopic (exact) mass is 360 g/mol. The van der Waals surface area contributed by atoms with Crippen LogP contribution in [0.1, 0.15) is 35.9 Å². The van der Waals surface area contributed by atoms with E-state index >= 15 is 0 Å². The lowest BCUT2D eigenvalue weighted by Crippen LogP contribution is -2.87. The predicted molar refractivity (Wildman–Crippen MR) is 100 cm³/mol. The highest BCUT2D eigenvalue weighted by atomic mass is 32.1. The quantitative estimate of drug-likeness (QED) is 0.665. The molecule has 0 radical (unpaired) electrons. The van der Waals surface area contributed by atoms with Crippen LogP contribution in [0.4, 0.5) is 0 Å². The van der Waals surface area contributed by atoms with E-state index < -0.39 is 0 Å². The smallest absolute Gasteiger partial charge is 0.275 e. The standard InChI is InChI=1S/C19H25N3O2S/c1-13(2)22-18(24)12-20-17(23)11-21-19(16-5-4-10-25-16)15-8-6-14(3)7-9-15/h4-10,13,19,21H,11-12H2,1-3H3,(H,20,23)(H,22,24)/p+1/t19-/m0/s1. The number of nitrogens with two attached hydrogens (primary N) is 1. The molecule has 0 spiro atoms. The first kappa shape index (κ1) is 19.1. The third kappa shape index (κ3) is 6.32. The maximum atomic E-state index is 12.1. The summed E-state index contributed by atoms with van der Waals surface area (Å²) < 4.78 is 0. The Morgan fingerprint density at radius 3 is 2.44 bits per heavy atom. The van der Waals surface area contributed by atoms with Gasteiger partial charge in [0.15, 0.2) is 6.54 Å². The Hall–Kier alpha value is -2.18. The van der Waals surface area contributed by atoms with Gasteiger partial charge in [-0.25, -0.2) is 0 Å². The zero-order valence-corrected chi connectivity index (χ0v) is 15.7. The van der Waals surface area contributed by atoms with Crippen molar-refractivity contribution in [2.45, 2.75) is 32.9 Å². The van der Waals surface area contributed by atoms with Gasteiger partial charge in [0.2, 0.25) is 5.91 Å². The Labute approximate surface area is 152 Å². The molecule has 5 nitrogen and oxygen atoms in total. The van der Waals surface area contributed by atoms with Crippen molar-refractivity contribution in [1.29, 1.82) is 0 Å². The summed E-state index contributed by atoms with van der Waals surface area (Å²) in [6, 6.07) is 12.6. The molecular weight excluding hydrogens is 334 g/mol. The van der Waals surface area contributed by atoms with Crippen LogP contribution >= 0.6 is 11.3 Å². The number of hydrogen-bond donors (Lipinski definition) is 3. The second kappa shape index (κ2) is 9.34. The fourth-order valence-corrected chi connectivity index (χ4v) is 3.36. The number of carbonyl (C=O) groups is 2. The van der Waals surface area contributed by atoms with Crippen molar-refractivity contribution < 1.29 is 14.9 Å². The first-order valence-corrected chi connectivity index (χ1v) is 9.33. The van der Waals surface area contributed by atoms with Gasteiger partial charge in [0.25, 0.3) is 5.91 Å². The highest BCUT2D eigenvalue weighted by Crippen LogP contribution is 2.22. The van der Waals surface area contributed by atoms with Crippen LogP contribution < -0.4 is 16.0 Å². The molecule has 0 bridgehead atoms. The average Bonchev–Trinajstić information content (AvgIpc) is 3.08. The lowest BCUT2D eigenvalue weighted by Gasteiger charge is -2.15. The minimum absolute atomic E-state index is 0.0130. The van der Waals surface area contributed by atoms with Gasteiger partial charge < -0.3 is 16.0 Å². The van der Waals surface area contributed by atoms with Crippen molar-refractivity contribution in [3.8, 4) is 0 Å². The zero-order valence-electron chi connectivity index (χ0n) is 14.9. The van der Waals surface area contributed by atoms with Gasteiger partial charge in [-0.2, -0.15) is 0 Å². The Kier molecular flexibility index (Phi) is 7.16. The van der Waals surface area contributed by atoms with E-state index in [0.29, 0.717) is 0 Å². The molecule has 25 heavy (non-hydrogen) atoms. The minimum Gasteiger partial charge on any atom is -0.352 e. The number of hydrogen-bond acceptors (Lipinski definition) is 3. The van der Waals surface area contributed by atoms with Gasteiger partial charge in [-0.15, -0.1) is 11.3 Å². The maximum absolute atomic E-state index is 12.1. The van der Waals surface area contributed by atoms with Gasteiger partial charge in [0, 0.05) is 11.6 Å². The fourth-order valence-electron chi connectivity index (χ4n) is 2.51. The summed E-state index contributed by atoms with van der Waals surface area (Å²) in [5, 5.41) is 9.47. The molecule has 6 heteroatoms. The van der Waals surface area contributed by atoms with Gasteiger partial charge in [0.1, 0.15) is 6.04 Å². The van der Waals surface area contributed by atoms with Crippen LogP contribution in [0, 0.1) is 6.92 Å². The van der Waals surface area contributed by atoms with Crippen LogP contribution in [0.15, 0.2) is 41.8 Å². The molecule has 0 fully saturated rings. The Morgan fingerprint density at radius 1 is 1.12 bits per heavy atom. The normalized spacial score (nSPS) is 12.0. The molecule has 2 rings (SSSR count). The van der Waals surface area contributed by atoms with E-state index in [1.807, 2.05) is 30.6 Å². The van der Waals surface area contributed by atoms with E-state index in [1.54, 1.807) is 11.3 Å². The van der Waals surface area contributed by atoms with Crippen molar-refractivity contribution in [3.05, 3.63) is 57.8 Å². The lowest BCUT2D eigenvalue weighted by molar-refractivity contribution is -0.676. The van der Waals surface area contributed by atoms with Gasteiger partial charge in [-0.05, 0) is 32.2 Å². The Morgan fingerprint density at radius 2 is 1.84 bits per heavy atom. The first-order chi connectivity index (χ1) is 12.0. The number of nitrogens with one attached hydrogen (secondary N) is 2. The summed E-state index contributed by atoms with van der Waals surface area (Å²) in [7, 11) is 0. The highest BCUT2D eigenvalue weighted by molar-refractivity contribution is 7.10. The van der Waals surface area contributed by atoms with Crippen LogP contribution in [0.25, 0.3) is 0 Å². The number of quaternary nitrogens is 1. The molecule has 2 aromatic rings. The maximum Gasteiger partial charge on any atom is 0.275 e. The predicted octanol–water partition coefficient (Wildman–Crippen LogP) is 1.35. The SMILES string of the molecule is Cc1ccc([C@H]([NH2+]CC(=O)NCC(=O)NC(C)C)c2cccs2)cc1. The summed E-state index contributed by atoms with van der Waals surface area (Å²) in [4.78, 5) is 24.9. The molecule has 134 valence electrons. The van der Waals surface area contributed by atoms with Crippen molar-refractivity contribution in [2.24, 2.45) is 0 Å². The molecule has 0 aliphatic carbocycles. The van der Waals surface area contributed by atoms with Crippen LogP contribution in [0.2, 0.25) is 0 Å². The molecule has 4 N–H and O–H groups in total. The largest absolute Gasteiger partial charge is 0.352 e. The highest BCUT2D eigenvalue weighted by Gasteiger charge is 2.20. The van der Waals surface area contributed by atoms with Crippen molar-refractivity contribution in [1.82, 2.24) is 10.6 Å². The van der Waals surface area contributed by atoms with Gasteiger partial charge >= 0.3 is 0 Å². The Balaban J connectivity index is 1.93. The zero-order chi connectivity index (χ0) is 18.2. The van der Waals surface area contributed by atoms with Crippen molar-refractivity contribution in [3.63, 3.8) is 0 Å². The summed E-state index contributed by atoms with van der Waals surface area (Å²) in [6.45, 7) is 6.12. The number of amides is 2. The van der Waals surface area contributed by atoms with Crippen molar-refractivity contribution in [2.75, 3.05) is 13.1 Å². The molecule has 0 saturated heterocycles. The van der Waals surface area contributed by atoms with E-state index in [4.69, 9.17) is 0 Å². The van der Waals surface area contributed by atoms with Crippen LogP contribution in [-0.2, 0) is 9.59 Å². The first-order valence-electron chi connectivity index (χ1n) is 8.45. The summed E-state index contributed by atoms with van der Waals surface area (Å²) in [5.74, 6) is -0.315. The molecule has 1 aromatic heterocycles. The van der Waals surface area contributed by atoms with E-state index in [9.17, 15) is 9.59 Å². The van der Waals surface area contributed by atoms with Gasteiger partial charge in [0.05, 0.1) is 11.4 Å². The number of aryl methyl sites for hydroxylation is 1. The fraction of sp³-hybridized carbons (Fsp3) is 0.368. The minimum atomic E-state index is -0.170. The second-order valence-electron chi connectivity index (χ2n) is 6.34. The third-order valence-electron chi connectivity index (χ3n) is 3.72. The topological polar surface area (TPSA) is 74.8 Å².